The molecule has 6 nitrogen and oxygen atoms in total. The number of aliphatic carboxylic acids is 1. The smallest absolute Gasteiger partial charge is 0.303 e. The van der Waals surface area contributed by atoms with Crippen LogP contribution in [-0.4, -0.2) is 52.8 Å². The van der Waals surface area contributed by atoms with Gasteiger partial charge in [0.15, 0.2) is 0 Å². The molecule has 1 saturated heterocycles. The maximum atomic E-state index is 11.7. The molecule has 2 aromatic heterocycles. The number of hydrogen-bond acceptors (Lipinski definition) is 6. The summed E-state index contributed by atoms with van der Waals surface area (Å²) in [6.07, 6.45) is 3.33. The van der Waals surface area contributed by atoms with Crippen LogP contribution in [0.25, 0.3) is 10.9 Å². The van der Waals surface area contributed by atoms with Gasteiger partial charge >= 0.3 is 5.97 Å². The van der Waals surface area contributed by atoms with Crippen molar-refractivity contribution in [3.63, 3.8) is 0 Å². The van der Waals surface area contributed by atoms with Crippen LogP contribution in [0.2, 0.25) is 5.02 Å². The molecule has 1 unspecified atom stereocenters. The van der Waals surface area contributed by atoms with Crippen LogP contribution in [0.3, 0.4) is 0 Å². The molecule has 3 aromatic rings. The SMILES string of the molecule is COc1ccc2ncc(Cl)c(C(O)CCC3(CC(=O)O)CCN(CC#Cc4ccsc4)CC3)c2c1. The fourth-order valence-corrected chi connectivity index (χ4v) is 5.70. The summed E-state index contributed by atoms with van der Waals surface area (Å²) in [4.78, 5) is 18.4. The molecule has 4 rings (SSSR count). The third kappa shape index (κ3) is 6.33. The van der Waals surface area contributed by atoms with Crippen molar-refractivity contribution in [1.82, 2.24) is 9.88 Å². The number of halogens is 1. The van der Waals surface area contributed by atoms with Crippen molar-refractivity contribution in [3.05, 3.63) is 57.4 Å². The zero-order valence-electron chi connectivity index (χ0n) is 19.7. The Kier molecular flexibility index (Phi) is 8.30. The van der Waals surface area contributed by atoms with Crippen LogP contribution in [0.15, 0.2) is 41.2 Å². The van der Waals surface area contributed by atoms with Crippen molar-refractivity contribution in [2.45, 2.75) is 38.2 Å². The highest BCUT2D eigenvalue weighted by Crippen LogP contribution is 2.43. The Morgan fingerprint density at radius 1 is 1.34 bits per heavy atom. The maximum absolute atomic E-state index is 11.7. The lowest BCUT2D eigenvalue weighted by molar-refractivity contribution is -0.141. The van der Waals surface area contributed by atoms with Gasteiger partial charge in [-0.2, -0.15) is 11.3 Å². The van der Waals surface area contributed by atoms with Crippen LogP contribution in [-0.2, 0) is 4.79 Å². The van der Waals surface area contributed by atoms with E-state index < -0.39 is 12.1 Å². The minimum absolute atomic E-state index is 0.0901. The molecular formula is C27H29ClN2O4S. The summed E-state index contributed by atoms with van der Waals surface area (Å²) in [5.74, 6) is 6.26. The van der Waals surface area contributed by atoms with Gasteiger partial charge in [0.25, 0.3) is 0 Å². The fourth-order valence-electron chi connectivity index (χ4n) is 4.83. The number of fused-ring (bicyclic) bond motifs is 1. The number of rotatable bonds is 8. The second-order valence-electron chi connectivity index (χ2n) is 9.12. The van der Waals surface area contributed by atoms with Crippen LogP contribution in [0.5, 0.6) is 5.75 Å². The normalized spacial score (nSPS) is 16.4. The molecule has 0 bridgehead atoms. The molecule has 0 spiro atoms. The predicted molar refractivity (Wildman–Crippen MR) is 139 cm³/mol. The third-order valence-electron chi connectivity index (χ3n) is 6.85. The first-order chi connectivity index (χ1) is 16.9. The van der Waals surface area contributed by atoms with Gasteiger partial charge in [-0.25, -0.2) is 0 Å². The van der Waals surface area contributed by atoms with E-state index in [0.29, 0.717) is 35.7 Å². The Labute approximate surface area is 214 Å². The quantitative estimate of drug-likeness (QED) is 0.394. The van der Waals surface area contributed by atoms with Crippen LogP contribution in [0.4, 0.5) is 0 Å². The summed E-state index contributed by atoms with van der Waals surface area (Å²) >= 11 is 8.09. The second-order valence-corrected chi connectivity index (χ2v) is 10.3. The molecule has 1 fully saturated rings. The molecule has 0 amide bonds. The molecule has 1 aromatic carbocycles. The molecule has 3 heterocycles. The number of methoxy groups -OCH3 is 1. The molecule has 1 atom stereocenters. The topological polar surface area (TPSA) is 82.9 Å². The van der Waals surface area contributed by atoms with E-state index in [1.54, 1.807) is 24.6 Å². The lowest BCUT2D eigenvalue weighted by Crippen LogP contribution is -2.41. The summed E-state index contributed by atoms with van der Waals surface area (Å²) in [5.41, 5.74) is 2.00. The zero-order valence-corrected chi connectivity index (χ0v) is 21.2. The van der Waals surface area contributed by atoms with Gasteiger partial charge in [0.1, 0.15) is 5.75 Å². The first-order valence-corrected chi connectivity index (χ1v) is 13.0. The summed E-state index contributed by atoms with van der Waals surface area (Å²) in [6, 6.07) is 7.49. The van der Waals surface area contributed by atoms with E-state index in [0.717, 1.165) is 42.4 Å². The summed E-state index contributed by atoms with van der Waals surface area (Å²) < 4.78 is 5.34. The predicted octanol–water partition coefficient (Wildman–Crippen LogP) is 5.38. The highest BCUT2D eigenvalue weighted by Gasteiger charge is 2.37. The third-order valence-corrected chi connectivity index (χ3v) is 7.83. The van der Waals surface area contributed by atoms with Crippen molar-refractivity contribution in [3.8, 4) is 17.6 Å². The molecule has 1 aliphatic heterocycles. The summed E-state index contributed by atoms with van der Waals surface area (Å²) in [5, 5.41) is 26.0. The molecule has 0 saturated carbocycles. The van der Waals surface area contributed by atoms with Gasteiger partial charge in [-0.15, -0.1) is 0 Å². The van der Waals surface area contributed by atoms with E-state index >= 15 is 0 Å². The molecule has 2 N–H and O–H groups in total. The average Bonchev–Trinajstić information content (AvgIpc) is 3.36. The van der Waals surface area contributed by atoms with E-state index in [9.17, 15) is 15.0 Å². The number of aliphatic hydroxyl groups is 1. The van der Waals surface area contributed by atoms with Crippen molar-refractivity contribution >= 4 is 39.8 Å². The van der Waals surface area contributed by atoms with Gasteiger partial charge in [-0.1, -0.05) is 23.4 Å². The van der Waals surface area contributed by atoms with Crippen LogP contribution >= 0.6 is 22.9 Å². The van der Waals surface area contributed by atoms with Crippen LogP contribution < -0.4 is 4.74 Å². The lowest BCUT2D eigenvalue weighted by atomic mass is 9.71. The van der Waals surface area contributed by atoms with Gasteiger partial charge in [0.2, 0.25) is 0 Å². The largest absolute Gasteiger partial charge is 0.497 e. The van der Waals surface area contributed by atoms with Crippen LogP contribution in [0.1, 0.15) is 49.3 Å². The monoisotopic (exact) mass is 512 g/mol. The number of nitrogens with zero attached hydrogens (tertiary/aromatic N) is 2. The van der Waals surface area contributed by atoms with Crippen LogP contribution in [0, 0.1) is 17.3 Å². The summed E-state index contributed by atoms with van der Waals surface area (Å²) in [7, 11) is 1.59. The Balaban J connectivity index is 1.44. The van der Waals surface area contributed by atoms with Crippen molar-refractivity contribution in [2.24, 2.45) is 5.41 Å². The molecule has 8 heteroatoms. The summed E-state index contributed by atoms with van der Waals surface area (Å²) in [6.45, 7) is 2.25. The average molecular weight is 513 g/mol. The number of hydrogen-bond donors (Lipinski definition) is 2. The number of ether oxygens (including phenoxy) is 1. The van der Waals surface area contributed by atoms with Crippen molar-refractivity contribution < 1.29 is 19.7 Å². The Hall–Kier alpha value is -2.63. The van der Waals surface area contributed by atoms with E-state index in [-0.39, 0.29) is 11.8 Å². The Morgan fingerprint density at radius 2 is 2.14 bits per heavy atom. The zero-order chi connectivity index (χ0) is 24.8. The number of carbonyl (C=O) groups is 1. The number of aromatic nitrogens is 1. The fraction of sp³-hybridized carbons (Fsp3) is 0.407. The minimum Gasteiger partial charge on any atom is -0.497 e. The first-order valence-electron chi connectivity index (χ1n) is 11.6. The number of thiophene rings is 1. The molecule has 0 radical (unpaired) electrons. The number of carboxylic acids is 1. The maximum Gasteiger partial charge on any atom is 0.303 e. The molecule has 0 aliphatic carbocycles. The van der Waals surface area contributed by atoms with Gasteiger partial charge in [-0.05, 0) is 73.8 Å². The molecule has 35 heavy (non-hydrogen) atoms. The number of carboxylic acid groups (broad SMARTS) is 1. The van der Waals surface area contributed by atoms with E-state index in [2.05, 4.69) is 21.7 Å². The standard InChI is InChI=1S/C27H29ClN2O4S/c1-34-20-4-5-23-21(15-20)26(22(28)17-29-23)24(31)6-8-27(16-25(32)33)9-12-30(13-10-27)11-2-3-19-7-14-35-18-19/h4-5,7,14-15,17-18,24,31H,6,8-13,16H2,1H3,(H,32,33). The highest BCUT2D eigenvalue weighted by molar-refractivity contribution is 7.08. The first kappa shape index (κ1) is 25.5. The van der Waals surface area contributed by atoms with Gasteiger partial charge < -0.3 is 14.9 Å². The van der Waals surface area contributed by atoms with Crippen molar-refractivity contribution in [1.29, 1.82) is 0 Å². The lowest BCUT2D eigenvalue weighted by Gasteiger charge is -2.41. The molecule has 184 valence electrons. The minimum atomic E-state index is -0.833. The highest BCUT2D eigenvalue weighted by atomic mass is 35.5. The number of piperidine rings is 1. The molecule has 1 aliphatic rings. The number of benzene rings is 1. The second kappa shape index (κ2) is 11.4. The number of likely N-dealkylation sites (tertiary alicyclic amines) is 1. The van der Waals surface area contributed by atoms with E-state index in [4.69, 9.17) is 16.3 Å². The van der Waals surface area contributed by atoms with Gasteiger partial charge in [-0.3, -0.25) is 14.7 Å². The Morgan fingerprint density at radius 3 is 2.83 bits per heavy atom. The van der Waals surface area contributed by atoms with Gasteiger partial charge in [0, 0.05) is 28.1 Å². The van der Waals surface area contributed by atoms with E-state index in [1.807, 2.05) is 35.0 Å². The Bertz CT molecular complexity index is 1230. The molecular weight excluding hydrogens is 484 g/mol. The van der Waals surface area contributed by atoms with Crippen molar-refractivity contribution in [2.75, 3.05) is 26.7 Å². The van der Waals surface area contributed by atoms with Gasteiger partial charge in [0.05, 0.1) is 36.7 Å². The number of pyridine rings is 1. The van der Waals surface area contributed by atoms with E-state index in [1.165, 1.54) is 0 Å². The number of aliphatic hydroxyl groups excluding tert-OH is 1.